The zero-order valence-electron chi connectivity index (χ0n) is 22.8. The van der Waals surface area contributed by atoms with Crippen LogP contribution in [0.25, 0.3) is 0 Å². The predicted molar refractivity (Wildman–Crippen MR) is 153 cm³/mol. The van der Waals surface area contributed by atoms with E-state index in [2.05, 4.69) is 31.5 Å². The number of hydrogen-bond donors (Lipinski definition) is 3. The number of benzene rings is 1. The lowest BCUT2D eigenvalue weighted by atomic mass is 9.95. The molecule has 2 atom stereocenters. The van der Waals surface area contributed by atoms with Gasteiger partial charge in [0.25, 0.3) is 0 Å². The standard InChI is InChI=1S/C27H31BrFN5O6S/c1-4-40-27(38)22-19(11-34-7-8-39-12-20(34)26(36)37)32-24(33-23(22)17-6-5-15(29)9-18(17)28)25-31-16(13-41-25)10-21(35)30-14(2)3/h5-6,9,13-14,20,23H,4,7-8,10-12H2,1-3H3,(H,30,35)(H,32,33)(H,36,37). The van der Waals surface area contributed by atoms with Gasteiger partial charge in [-0.05, 0) is 38.5 Å². The second-order valence-corrected chi connectivity index (χ2v) is 11.4. The van der Waals surface area contributed by atoms with Crippen molar-refractivity contribution >= 4 is 50.9 Å². The smallest absolute Gasteiger partial charge is 0.338 e. The second-order valence-electron chi connectivity index (χ2n) is 9.73. The summed E-state index contributed by atoms with van der Waals surface area (Å²) in [5, 5.41) is 18.1. The van der Waals surface area contributed by atoms with Gasteiger partial charge in [-0.15, -0.1) is 11.3 Å². The summed E-state index contributed by atoms with van der Waals surface area (Å²) in [6.07, 6.45) is 0.0831. The van der Waals surface area contributed by atoms with Crippen molar-refractivity contribution in [3.8, 4) is 0 Å². The minimum atomic E-state index is -1.05. The molecule has 1 amide bonds. The Bertz CT molecular complexity index is 1380. The van der Waals surface area contributed by atoms with Crippen molar-refractivity contribution in [3.05, 3.63) is 61.4 Å². The van der Waals surface area contributed by atoms with Crippen LogP contribution >= 0.6 is 27.3 Å². The van der Waals surface area contributed by atoms with Gasteiger partial charge in [0.1, 0.15) is 17.9 Å². The molecule has 0 saturated carbocycles. The fourth-order valence-corrected chi connectivity index (χ4v) is 5.86. The van der Waals surface area contributed by atoms with Crippen molar-refractivity contribution in [2.75, 3.05) is 32.9 Å². The summed E-state index contributed by atoms with van der Waals surface area (Å²) in [7, 11) is 0. The van der Waals surface area contributed by atoms with E-state index in [0.717, 1.165) is 0 Å². The minimum Gasteiger partial charge on any atom is -0.480 e. The van der Waals surface area contributed by atoms with E-state index in [1.807, 2.05) is 13.8 Å². The Morgan fingerprint density at radius 2 is 2.15 bits per heavy atom. The predicted octanol–water partition coefficient (Wildman–Crippen LogP) is 2.81. The SMILES string of the molecule is CCOC(=O)C1=C(CN2CCOCC2C(=O)O)NC(c2nc(CC(=O)NC(C)C)cs2)=NC1c1ccc(F)cc1Br. The quantitative estimate of drug-likeness (QED) is 0.331. The topological polar surface area (TPSA) is 142 Å². The molecule has 2 aliphatic heterocycles. The average Bonchev–Trinajstić information content (AvgIpc) is 3.36. The molecule has 220 valence electrons. The first kappa shape index (κ1) is 30.8. The van der Waals surface area contributed by atoms with E-state index in [-0.39, 0.29) is 43.7 Å². The normalized spacial score (nSPS) is 19.5. The van der Waals surface area contributed by atoms with Crippen LogP contribution in [0, 0.1) is 5.82 Å². The van der Waals surface area contributed by atoms with Crippen LogP contribution in [0.2, 0.25) is 0 Å². The first-order chi connectivity index (χ1) is 19.6. The number of carbonyl (C=O) groups is 3. The molecule has 0 bridgehead atoms. The molecule has 11 nitrogen and oxygen atoms in total. The van der Waals surface area contributed by atoms with Crippen LogP contribution in [0.4, 0.5) is 4.39 Å². The highest BCUT2D eigenvalue weighted by molar-refractivity contribution is 9.10. The van der Waals surface area contributed by atoms with Crippen molar-refractivity contribution in [3.63, 3.8) is 0 Å². The molecule has 4 rings (SSSR count). The Labute approximate surface area is 249 Å². The van der Waals surface area contributed by atoms with Gasteiger partial charge in [0.15, 0.2) is 10.8 Å². The van der Waals surface area contributed by atoms with E-state index in [4.69, 9.17) is 14.5 Å². The molecular weight excluding hydrogens is 621 g/mol. The van der Waals surface area contributed by atoms with Gasteiger partial charge in [0.05, 0.1) is 37.5 Å². The lowest BCUT2D eigenvalue weighted by Gasteiger charge is -2.35. The maximum Gasteiger partial charge on any atom is 0.338 e. The van der Waals surface area contributed by atoms with Gasteiger partial charge < -0.3 is 25.2 Å². The molecule has 2 unspecified atom stereocenters. The Morgan fingerprint density at radius 3 is 2.83 bits per heavy atom. The highest BCUT2D eigenvalue weighted by atomic mass is 79.9. The van der Waals surface area contributed by atoms with Crippen molar-refractivity contribution in [2.45, 2.75) is 45.3 Å². The molecule has 41 heavy (non-hydrogen) atoms. The number of ether oxygens (including phenoxy) is 2. The van der Waals surface area contributed by atoms with Crippen LogP contribution in [0.3, 0.4) is 0 Å². The number of carboxylic acids is 1. The number of aliphatic imine (C=N–C) groups is 1. The number of aliphatic carboxylic acids is 1. The minimum absolute atomic E-state index is 0.000476. The van der Waals surface area contributed by atoms with Crippen molar-refractivity contribution in [1.82, 2.24) is 20.5 Å². The highest BCUT2D eigenvalue weighted by Crippen LogP contribution is 2.37. The van der Waals surface area contributed by atoms with Gasteiger partial charge >= 0.3 is 11.9 Å². The number of amides is 1. The number of carbonyl (C=O) groups excluding carboxylic acids is 2. The van der Waals surface area contributed by atoms with Crippen LogP contribution in [0.15, 0.2) is 44.3 Å². The second kappa shape index (κ2) is 13.6. The average molecular weight is 653 g/mol. The molecule has 0 radical (unpaired) electrons. The number of morpholine rings is 1. The number of carboxylic acid groups (broad SMARTS) is 1. The highest BCUT2D eigenvalue weighted by Gasteiger charge is 2.37. The third kappa shape index (κ3) is 7.56. The number of amidine groups is 1. The molecule has 3 heterocycles. The van der Waals surface area contributed by atoms with Gasteiger partial charge in [-0.3, -0.25) is 19.5 Å². The van der Waals surface area contributed by atoms with Crippen molar-refractivity contribution in [1.29, 1.82) is 0 Å². The van der Waals surface area contributed by atoms with Crippen LogP contribution < -0.4 is 10.6 Å². The first-order valence-corrected chi connectivity index (χ1v) is 14.7. The Morgan fingerprint density at radius 1 is 1.37 bits per heavy atom. The fourth-order valence-electron chi connectivity index (χ4n) is 4.52. The van der Waals surface area contributed by atoms with Gasteiger partial charge in [-0.1, -0.05) is 22.0 Å². The summed E-state index contributed by atoms with van der Waals surface area (Å²) in [5.74, 6) is -1.99. The number of thiazole rings is 1. The number of aromatic nitrogens is 1. The largest absolute Gasteiger partial charge is 0.480 e. The molecule has 1 aromatic heterocycles. The van der Waals surface area contributed by atoms with Crippen LogP contribution in [-0.2, 0) is 30.3 Å². The first-order valence-electron chi connectivity index (χ1n) is 13.1. The molecule has 2 aliphatic rings. The molecule has 1 saturated heterocycles. The summed E-state index contributed by atoms with van der Waals surface area (Å²) in [4.78, 5) is 48.8. The van der Waals surface area contributed by atoms with E-state index in [9.17, 15) is 23.9 Å². The zero-order chi connectivity index (χ0) is 29.7. The Balaban J connectivity index is 1.78. The summed E-state index contributed by atoms with van der Waals surface area (Å²) in [6.45, 7) is 6.23. The molecule has 0 aliphatic carbocycles. The van der Waals surface area contributed by atoms with Crippen molar-refractivity contribution < 1.29 is 33.4 Å². The van der Waals surface area contributed by atoms with Gasteiger partial charge in [0, 0.05) is 34.7 Å². The van der Waals surface area contributed by atoms with Gasteiger partial charge in [-0.2, -0.15) is 0 Å². The van der Waals surface area contributed by atoms with E-state index in [1.165, 1.54) is 29.5 Å². The molecule has 2 aromatic rings. The van der Waals surface area contributed by atoms with Gasteiger partial charge in [0.2, 0.25) is 5.91 Å². The van der Waals surface area contributed by atoms with E-state index >= 15 is 0 Å². The van der Waals surface area contributed by atoms with Crippen LogP contribution in [0.1, 0.15) is 43.1 Å². The molecule has 0 spiro atoms. The molecule has 1 aromatic carbocycles. The number of nitrogens with one attached hydrogen (secondary N) is 2. The number of nitrogens with zero attached hydrogens (tertiary/aromatic N) is 3. The molecule has 1 fully saturated rings. The number of hydrogen-bond acceptors (Lipinski definition) is 10. The van der Waals surface area contributed by atoms with Gasteiger partial charge in [-0.25, -0.2) is 14.2 Å². The third-order valence-electron chi connectivity index (χ3n) is 6.31. The van der Waals surface area contributed by atoms with E-state index in [0.29, 0.717) is 45.4 Å². The van der Waals surface area contributed by atoms with E-state index in [1.54, 1.807) is 17.2 Å². The van der Waals surface area contributed by atoms with Crippen molar-refractivity contribution in [2.24, 2.45) is 4.99 Å². The lowest BCUT2D eigenvalue weighted by Crippen LogP contribution is -2.52. The Hall–Kier alpha value is -3.20. The number of esters is 1. The summed E-state index contributed by atoms with van der Waals surface area (Å²) >= 11 is 4.68. The maximum absolute atomic E-state index is 14.0. The molecular formula is C27H31BrFN5O6S. The summed E-state index contributed by atoms with van der Waals surface area (Å²) < 4.78 is 25.2. The molecule has 3 N–H and O–H groups in total. The molecule has 14 heteroatoms. The lowest BCUT2D eigenvalue weighted by molar-refractivity contribution is -0.149. The van der Waals surface area contributed by atoms with Crippen LogP contribution in [-0.4, -0.2) is 83.7 Å². The zero-order valence-corrected chi connectivity index (χ0v) is 25.2. The number of rotatable bonds is 10. The fraction of sp³-hybridized carbons (Fsp3) is 0.444. The monoisotopic (exact) mass is 651 g/mol. The number of halogens is 2. The summed E-state index contributed by atoms with van der Waals surface area (Å²) in [5.41, 5.74) is 1.62. The van der Waals surface area contributed by atoms with Crippen LogP contribution in [0.5, 0.6) is 0 Å². The summed E-state index contributed by atoms with van der Waals surface area (Å²) in [6, 6.07) is 2.24. The third-order valence-corrected chi connectivity index (χ3v) is 7.89. The van der Waals surface area contributed by atoms with E-state index < -0.39 is 29.8 Å². The Kier molecular flexibility index (Phi) is 10.2. The maximum atomic E-state index is 14.0.